The SMILES string of the molecule is CCSc1nccn2nc(-c3ccc(C)c(C)c3)cc12. The lowest BCUT2D eigenvalue weighted by atomic mass is 10.0. The van der Waals surface area contributed by atoms with E-state index in [1.54, 1.807) is 11.8 Å². The smallest absolute Gasteiger partial charge is 0.122 e. The quantitative estimate of drug-likeness (QED) is 0.677. The molecule has 20 heavy (non-hydrogen) atoms. The zero-order chi connectivity index (χ0) is 14.1. The van der Waals surface area contributed by atoms with Gasteiger partial charge in [-0.3, -0.25) is 0 Å². The van der Waals surface area contributed by atoms with E-state index in [2.05, 4.69) is 55.1 Å². The van der Waals surface area contributed by atoms with Crippen LogP contribution in [0.1, 0.15) is 18.1 Å². The first kappa shape index (κ1) is 13.2. The van der Waals surface area contributed by atoms with Crippen LogP contribution >= 0.6 is 11.8 Å². The van der Waals surface area contributed by atoms with Crippen molar-refractivity contribution in [3.8, 4) is 11.3 Å². The van der Waals surface area contributed by atoms with E-state index < -0.39 is 0 Å². The minimum atomic E-state index is 0.999. The molecule has 0 N–H and O–H groups in total. The number of hydrogen-bond donors (Lipinski definition) is 0. The zero-order valence-electron chi connectivity index (χ0n) is 11.9. The molecule has 0 radical (unpaired) electrons. The fourth-order valence-corrected chi connectivity index (χ4v) is 2.90. The van der Waals surface area contributed by atoms with Gasteiger partial charge in [0, 0.05) is 18.0 Å². The molecule has 3 nitrogen and oxygen atoms in total. The van der Waals surface area contributed by atoms with Gasteiger partial charge in [-0.15, -0.1) is 11.8 Å². The number of fused-ring (bicyclic) bond motifs is 1. The fraction of sp³-hybridized carbons (Fsp3) is 0.250. The second-order valence-electron chi connectivity index (χ2n) is 4.82. The van der Waals surface area contributed by atoms with Crippen molar-refractivity contribution >= 4 is 17.3 Å². The van der Waals surface area contributed by atoms with Gasteiger partial charge in [0.2, 0.25) is 0 Å². The standard InChI is InChI=1S/C16H17N3S/c1-4-20-16-15-10-14(18-19(15)8-7-17-16)13-6-5-11(2)12(3)9-13/h5-10H,4H2,1-3H3. The molecule has 0 saturated carbocycles. The first-order valence-electron chi connectivity index (χ1n) is 6.74. The summed E-state index contributed by atoms with van der Waals surface area (Å²) < 4.78 is 1.91. The lowest BCUT2D eigenvalue weighted by Gasteiger charge is -2.01. The van der Waals surface area contributed by atoms with E-state index in [0.29, 0.717) is 0 Å². The highest BCUT2D eigenvalue weighted by molar-refractivity contribution is 7.99. The van der Waals surface area contributed by atoms with Gasteiger partial charge in [0.25, 0.3) is 0 Å². The van der Waals surface area contributed by atoms with E-state index in [1.807, 2.05) is 16.9 Å². The third-order valence-corrected chi connectivity index (χ3v) is 4.31. The molecule has 0 aliphatic carbocycles. The predicted molar refractivity (Wildman–Crippen MR) is 84.3 cm³/mol. The number of hydrogen-bond acceptors (Lipinski definition) is 3. The molecule has 2 aromatic heterocycles. The highest BCUT2D eigenvalue weighted by Gasteiger charge is 2.09. The predicted octanol–water partition coefficient (Wildman–Crippen LogP) is 4.13. The summed E-state index contributed by atoms with van der Waals surface area (Å²) in [6, 6.07) is 8.59. The summed E-state index contributed by atoms with van der Waals surface area (Å²) in [6.45, 7) is 6.40. The minimum absolute atomic E-state index is 0.999. The molecule has 0 aliphatic heterocycles. The Kier molecular flexibility index (Phi) is 3.49. The normalized spacial score (nSPS) is 11.2. The van der Waals surface area contributed by atoms with Crippen molar-refractivity contribution in [1.29, 1.82) is 0 Å². The molecule has 2 heterocycles. The van der Waals surface area contributed by atoms with Gasteiger partial charge in [-0.05, 0) is 42.9 Å². The largest absolute Gasteiger partial charge is 0.246 e. The van der Waals surface area contributed by atoms with Crippen LogP contribution in [0, 0.1) is 13.8 Å². The van der Waals surface area contributed by atoms with Crippen LogP contribution in [-0.2, 0) is 0 Å². The summed E-state index contributed by atoms with van der Waals surface area (Å²) in [5.74, 6) is 1.01. The average Bonchev–Trinajstić information content (AvgIpc) is 2.87. The lowest BCUT2D eigenvalue weighted by Crippen LogP contribution is -1.91. The van der Waals surface area contributed by atoms with Crippen molar-refractivity contribution in [2.45, 2.75) is 25.8 Å². The number of aromatic nitrogens is 3. The minimum Gasteiger partial charge on any atom is -0.246 e. The van der Waals surface area contributed by atoms with Crippen molar-refractivity contribution in [3.05, 3.63) is 47.8 Å². The molecule has 0 atom stereocenters. The van der Waals surface area contributed by atoms with Gasteiger partial charge in [-0.2, -0.15) is 5.10 Å². The second kappa shape index (κ2) is 5.29. The van der Waals surface area contributed by atoms with E-state index in [9.17, 15) is 0 Å². The molecule has 102 valence electrons. The molecule has 0 bridgehead atoms. The van der Waals surface area contributed by atoms with Crippen LogP contribution in [0.15, 0.2) is 41.7 Å². The molecular weight excluding hydrogens is 266 g/mol. The van der Waals surface area contributed by atoms with E-state index in [4.69, 9.17) is 0 Å². The number of aryl methyl sites for hydroxylation is 2. The van der Waals surface area contributed by atoms with Crippen molar-refractivity contribution in [2.75, 3.05) is 5.75 Å². The maximum absolute atomic E-state index is 4.66. The van der Waals surface area contributed by atoms with Crippen molar-refractivity contribution in [3.63, 3.8) is 0 Å². The Balaban J connectivity index is 2.12. The molecule has 0 saturated heterocycles. The van der Waals surface area contributed by atoms with Gasteiger partial charge in [0.05, 0.1) is 11.2 Å². The van der Waals surface area contributed by atoms with E-state index >= 15 is 0 Å². The molecule has 0 spiro atoms. The van der Waals surface area contributed by atoms with Crippen LogP contribution in [0.4, 0.5) is 0 Å². The molecule has 0 amide bonds. The topological polar surface area (TPSA) is 30.2 Å². The maximum atomic E-state index is 4.66. The van der Waals surface area contributed by atoms with Crippen LogP contribution in [0.2, 0.25) is 0 Å². The fourth-order valence-electron chi connectivity index (χ4n) is 2.19. The maximum Gasteiger partial charge on any atom is 0.122 e. The van der Waals surface area contributed by atoms with Gasteiger partial charge in [-0.1, -0.05) is 19.1 Å². The Bertz CT molecular complexity index is 762. The van der Waals surface area contributed by atoms with Crippen molar-refractivity contribution in [2.24, 2.45) is 0 Å². The molecule has 3 aromatic rings. The molecule has 3 rings (SSSR count). The summed E-state index contributed by atoms with van der Waals surface area (Å²) in [5, 5.41) is 5.70. The van der Waals surface area contributed by atoms with Gasteiger partial charge < -0.3 is 0 Å². The summed E-state index contributed by atoms with van der Waals surface area (Å²) in [7, 11) is 0. The molecule has 1 aromatic carbocycles. The van der Waals surface area contributed by atoms with Gasteiger partial charge in [0.1, 0.15) is 5.03 Å². The molecular formula is C16H17N3S. The lowest BCUT2D eigenvalue weighted by molar-refractivity contribution is 0.920. The molecule has 4 heteroatoms. The second-order valence-corrected chi connectivity index (χ2v) is 6.08. The van der Waals surface area contributed by atoms with Gasteiger partial charge in [0.15, 0.2) is 0 Å². The van der Waals surface area contributed by atoms with Gasteiger partial charge >= 0.3 is 0 Å². The summed E-state index contributed by atoms with van der Waals surface area (Å²) in [4.78, 5) is 4.44. The molecule has 0 fully saturated rings. The Morgan fingerprint density at radius 1 is 1.15 bits per heavy atom. The highest BCUT2D eigenvalue weighted by atomic mass is 32.2. The number of thioether (sulfide) groups is 1. The van der Waals surface area contributed by atoms with Crippen LogP contribution in [0.25, 0.3) is 16.8 Å². The Morgan fingerprint density at radius 3 is 2.75 bits per heavy atom. The van der Waals surface area contributed by atoms with Crippen LogP contribution in [0.5, 0.6) is 0 Å². The van der Waals surface area contributed by atoms with Crippen LogP contribution in [0.3, 0.4) is 0 Å². The molecule has 0 aliphatic rings. The van der Waals surface area contributed by atoms with Crippen molar-refractivity contribution in [1.82, 2.24) is 14.6 Å². The highest BCUT2D eigenvalue weighted by Crippen LogP contribution is 2.26. The monoisotopic (exact) mass is 283 g/mol. The Hall–Kier alpha value is -1.81. The number of benzene rings is 1. The summed E-state index contributed by atoms with van der Waals surface area (Å²) in [6.07, 6.45) is 3.71. The van der Waals surface area contributed by atoms with E-state index in [1.165, 1.54) is 11.1 Å². The van der Waals surface area contributed by atoms with Crippen LogP contribution < -0.4 is 0 Å². The first-order chi connectivity index (χ1) is 9.69. The van der Waals surface area contributed by atoms with E-state index in [0.717, 1.165) is 27.6 Å². The third-order valence-electron chi connectivity index (χ3n) is 3.44. The first-order valence-corrected chi connectivity index (χ1v) is 7.72. The number of rotatable bonds is 3. The summed E-state index contributed by atoms with van der Waals surface area (Å²) >= 11 is 1.75. The Labute approximate surface area is 123 Å². The average molecular weight is 283 g/mol. The number of nitrogens with zero attached hydrogens (tertiary/aromatic N) is 3. The third kappa shape index (κ3) is 2.31. The van der Waals surface area contributed by atoms with Crippen LogP contribution in [-0.4, -0.2) is 20.4 Å². The van der Waals surface area contributed by atoms with Gasteiger partial charge in [-0.25, -0.2) is 9.50 Å². The zero-order valence-corrected chi connectivity index (χ0v) is 12.7. The van der Waals surface area contributed by atoms with Crippen molar-refractivity contribution < 1.29 is 0 Å². The van der Waals surface area contributed by atoms with E-state index in [-0.39, 0.29) is 0 Å². The Morgan fingerprint density at radius 2 is 2.00 bits per heavy atom. The molecule has 0 unspecified atom stereocenters. The summed E-state index contributed by atoms with van der Waals surface area (Å²) in [5.41, 5.74) is 5.83.